The molecule has 1 aliphatic rings. The fourth-order valence-electron chi connectivity index (χ4n) is 3.84. The van der Waals surface area contributed by atoms with E-state index in [-0.39, 0.29) is 29.7 Å². The molecule has 0 radical (unpaired) electrons. The van der Waals surface area contributed by atoms with Crippen molar-refractivity contribution in [1.82, 2.24) is 10.2 Å². The van der Waals surface area contributed by atoms with Gasteiger partial charge in [-0.25, -0.2) is 0 Å². The molecule has 1 heterocycles. The molecule has 0 unspecified atom stereocenters. The summed E-state index contributed by atoms with van der Waals surface area (Å²) in [5, 5.41) is 12.3. The summed E-state index contributed by atoms with van der Waals surface area (Å²) in [6.45, 7) is 0. The lowest BCUT2D eigenvalue weighted by Gasteiger charge is -2.33. The van der Waals surface area contributed by atoms with Crippen LogP contribution in [-0.4, -0.2) is 42.2 Å². The third-order valence-corrected chi connectivity index (χ3v) is 5.88. The van der Waals surface area contributed by atoms with Crippen molar-refractivity contribution >= 4 is 29.2 Å². The molecule has 0 spiro atoms. The standard InChI is InChI=1S/C24H25F3N6O3/c1-32(2)19-12-20(13-19)33-14-22(36-31-33)30-23(35)29-18-10-16(24(25,26)27)9-17(11-18)28-21(34)8-15-6-4-3-5-7-15/h3-7,9-11,14,19-20H,8,12-13H2,1-2H3,(H2-,28,29,30,31,34,35). The van der Waals surface area contributed by atoms with Crippen molar-refractivity contribution in [2.45, 2.75) is 37.5 Å². The van der Waals surface area contributed by atoms with Crippen LogP contribution in [0.1, 0.15) is 30.0 Å². The number of nitrogens with zero attached hydrogens (tertiary/aromatic N) is 4. The first-order valence-corrected chi connectivity index (χ1v) is 11.2. The topological polar surface area (TPSA) is 105 Å². The van der Waals surface area contributed by atoms with Gasteiger partial charge in [0, 0.05) is 24.6 Å². The van der Waals surface area contributed by atoms with Gasteiger partial charge in [-0.05, 0) is 48.2 Å². The SMILES string of the molecule is CN(C)C1CC([n+]2cc([N-]C(=O)Nc3cc(NC(=O)Cc4ccccc4)cc(C(F)(F)F)c3)on2)C1. The molecule has 3 amide bonds. The van der Waals surface area contributed by atoms with Gasteiger partial charge in [0.2, 0.25) is 18.0 Å². The van der Waals surface area contributed by atoms with Crippen LogP contribution >= 0.6 is 0 Å². The number of aromatic nitrogens is 2. The van der Waals surface area contributed by atoms with E-state index in [9.17, 15) is 22.8 Å². The fourth-order valence-corrected chi connectivity index (χ4v) is 3.84. The Balaban J connectivity index is 1.41. The van der Waals surface area contributed by atoms with Gasteiger partial charge >= 0.3 is 6.18 Å². The first-order chi connectivity index (χ1) is 17.1. The third kappa shape index (κ3) is 6.39. The van der Waals surface area contributed by atoms with Crippen LogP contribution in [-0.2, 0) is 17.4 Å². The number of halogens is 3. The maximum absolute atomic E-state index is 13.4. The summed E-state index contributed by atoms with van der Waals surface area (Å²) in [6.07, 6.45) is -1.49. The summed E-state index contributed by atoms with van der Waals surface area (Å²) in [4.78, 5) is 26.8. The minimum absolute atomic E-state index is 0.0180. The van der Waals surface area contributed by atoms with Crippen molar-refractivity contribution in [2.24, 2.45) is 0 Å². The van der Waals surface area contributed by atoms with Gasteiger partial charge in [-0.2, -0.15) is 13.2 Å². The first kappa shape index (κ1) is 25.2. The van der Waals surface area contributed by atoms with Crippen LogP contribution in [0.5, 0.6) is 0 Å². The van der Waals surface area contributed by atoms with Crippen molar-refractivity contribution in [3.05, 3.63) is 71.2 Å². The predicted molar refractivity (Wildman–Crippen MR) is 125 cm³/mol. The summed E-state index contributed by atoms with van der Waals surface area (Å²) >= 11 is 0. The maximum atomic E-state index is 13.4. The van der Waals surface area contributed by atoms with Crippen molar-refractivity contribution in [3.8, 4) is 0 Å². The second-order valence-electron chi connectivity index (χ2n) is 8.81. The fraction of sp³-hybridized carbons (Fsp3) is 0.333. The van der Waals surface area contributed by atoms with Crippen molar-refractivity contribution in [2.75, 3.05) is 24.7 Å². The van der Waals surface area contributed by atoms with E-state index in [4.69, 9.17) is 4.52 Å². The Bertz CT molecular complexity index is 1220. The number of alkyl halides is 3. The maximum Gasteiger partial charge on any atom is 0.416 e. The molecule has 9 nitrogen and oxygen atoms in total. The molecule has 1 aromatic heterocycles. The quantitative estimate of drug-likeness (QED) is 0.457. The molecule has 0 saturated heterocycles. The van der Waals surface area contributed by atoms with Gasteiger partial charge in [0.15, 0.2) is 17.3 Å². The summed E-state index contributed by atoms with van der Waals surface area (Å²) < 4.78 is 47.0. The second-order valence-corrected chi connectivity index (χ2v) is 8.81. The van der Waals surface area contributed by atoms with Crippen LogP contribution in [0.4, 0.5) is 35.2 Å². The molecule has 2 N–H and O–H groups in total. The average molecular weight is 502 g/mol. The van der Waals surface area contributed by atoms with Crippen LogP contribution in [0.15, 0.2) is 59.3 Å². The zero-order valence-electron chi connectivity index (χ0n) is 19.6. The monoisotopic (exact) mass is 502 g/mol. The zero-order valence-corrected chi connectivity index (χ0v) is 19.6. The molecule has 190 valence electrons. The van der Waals surface area contributed by atoms with Gasteiger partial charge in [0.25, 0.3) is 0 Å². The Morgan fingerprint density at radius 2 is 1.78 bits per heavy atom. The third-order valence-electron chi connectivity index (χ3n) is 5.88. The Hall–Kier alpha value is -3.93. The lowest BCUT2D eigenvalue weighted by atomic mass is 9.86. The number of rotatable bonds is 7. The highest BCUT2D eigenvalue weighted by molar-refractivity contribution is 6.04. The van der Waals surface area contributed by atoms with E-state index < -0.39 is 23.7 Å². The van der Waals surface area contributed by atoms with E-state index >= 15 is 0 Å². The average Bonchev–Trinajstić information content (AvgIpc) is 3.19. The first-order valence-electron chi connectivity index (χ1n) is 11.2. The lowest BCUT2D eigenvalue weighted by molar-refractivity contribution is -0.795. The second kappa shape index (κ2) is 10.4. The normalized spacial score (nSPS) is 17.4. The molecule has 3 aromatic rings. The Labute approximate surface area is 205 Å². The van der Waals surface area contributed by atoms with E-state index in [0.717, 1.165) is 25.0 Å². The number of amides is 3. The zero-order chi connectivity index (χ0) is 25.9. The van der Waals surface area contributed by atoms with Gasteiger partial charge in [-0.3, -0.25) is 9.59 Å². The highest BCUT2D eigenvalue weighted by atomic mass is 19.4. The number of anilines is 2. The van der Waals surface area contributed by atoms with Gasteiger partial charge in [-0.1, -0.05) is 30.3 Å². The Morgan fingerprint density at radius 3 is 2.42 bits per heavy atom. The van der Waals surface area contributed by atoms with Crippen LogP contribution in [0.2, 0.25) is 0 Å². The molecular weight excluding hydrogens is 477 g/mol. The molecule has 36 heavy (non-hydrogen) atoms. The van der Waals surface area contributed by atoms with Crippen LogP contribution in [0.3, 0.4) is 0 Å². The molecule has 0 atom stereocenters. The number of urea groups is 1. The Kier molecular flexibility index (Phi) is 7.25. The molecule has 1 fully saturated rings. The van der Waals surface area contributed by atoms with Gasteiger partial charge in [0.1, 0.15) is 0 Å². The van der Waals surface area contributed by atoms with E-state index in [1.807, 2.05) is 14.1 Å². The molecule has 2 aromatic carbocycles. The highest BCUT2D eigenvalue weighted by Gasteiger charge is 2.39. The number of carbonyl (C=O) groups is 2. The van der Waals surface area contributed by atoms with Crippen molar-refractivity contribution in [1.29, 1.82) is 0 Å². The number of nitrogens with one attached hydrogen (secondary N) is 2. The molecule has 0 bridgehead atoms. The van der Waals surface area contributed by atoms with Gasteiger partial charge in [0.05, 0.1) is 12.0 Å². The summed E-state index contributed by atoms with van der Waals surface area (Å²) in [7, 11) is 3.99. The van der Waals surface area contributed by atoms with Crippen molar-refractivity contribution in [3.63, 3.8) is 0 Å². The van der Waals surface area contributed by atoms with Gasteiger partial charge < -0.3 is 25.4 Å². The largest absolute Gasteiger partial charge is 0.424 e. The number of carbonyl (C=O) groups excluding carboxylic acids is 2. The van der Waals surface area contributed by atoms with E-state index in [1.165, 1.54) is 12.3 Å². The summed E-state index contributed by atoms with van der Waals surface area (Å²) in [5.41, 5.74) is -0.626. The number of benzene rings is 2. The molecule has 12 heteroatoms. The summed E-state index contributed by atoms with van der Waals surface area (Å²) in [6, 6.07) is 11.2. The smallest absolute Gasteiger partial charge is 0.416 e. The molecule has 0 aliphatic heterocycles. The predicted octanol–water partition coefficient (Wildman–Crippen LogP) is 4.66. The minimum atomic E-state index is -4.69. The molecule has 1 aliphatic carbocycles. The van der Waals surface area contributed by atoms with Gasteiger partial charge in [-0.15, -0.1) is 0 Å². The highest BCUT2D eigenvalue weighted by Crippen LogP contribution is 2.34. The minimum Gasteiger partial charge on any atom is -0.424 e. The number of hydrogen-bond acceptors (Lipinski definition) is 5. The van der Waals surface area contributed by atoms with Crippen LogP contribution < -0.4 is 15.3 Å². The molecular formula is C24H25F3N6O3. The Morgan fingerprint density at radius 1 is 1.11 bits per heavy atom. The summed E-state index contributed by atoms with van der Waals surface area (Å²) in [5.74, 6) is -0.578. The van der Waals surface area contributed by atoms with E-state index in [1.54, 1.807) is 35.0 Å². The van der Waals surface area contributed by atoms with Crippen LogP contribution in [0.25, 0.3) is 5.32 Å². The van der Waals surface area contributed by atoms with E-state index in [0.29, 0.717) is 11.6 Å². The van der Waals surface area contributed by atoms with Crippen molar-refractivity contribution < 1.29 is 32.0 Å². The molecule has 4 rings (SSSR count). The molecule has 1 saturated carbocycles. The lowest BCUT2D eigenvalue weighted by Crippen LogP contribution is -2.53. The number of hydrogen-bond donors (Lipinski definition) is 2. The van der Waals surface area contributed by atoms with E-state index in [2.05, 4.69) is 26.1 Å². The van der Waals surface area contributed by atoms with Crippen LogP contribution in [0, 0.1) is 0 Å².